The van der Waals surface area contributed by atoms with Crippen LogP contribution in [0.3, 0.4) is 0 Å². The van der Waals surface area contributed by atoms with E-state index in [1.54, 1.807) is 0 Å². The Balaban J connectivity index is 0.00000144. The van der Waals surface area contributed by atoms with Gasteiger partial charge in [0.1, 0.15) is 5.58 Å². The molecule has 17 heavy (non-hydrogen) atoms. The highest BCUT2D eigenvalue weighted by molar-refractivity contribution is 14.0. The van der Waals surface area contributed by atoms with Crippen molar-refractivity contribution in [3.05, 3.63) is 36.1 Å². The Kier molecular flexibility index (Phi) is 5.14. The zero-order valence-corrected chi connectivity index (χ0v) is 12.3. The molecule has 0 atom stereocenters. The Labute approximate surface area is 118 Å². The van der Waals surface area contributed by atoms with E-state index in [0.717, 1.165) is 17.5 Å². The van der Waals surface area contributed by atoms with Crippen molar-refractivity contribution < 1.29 is 9.21 Å². The molecule has 2 aromatic rings. The molecule has 0 N–H and O–H groups in total. The maximum atomic E-state index is 11.8. The number of carbonyl (C=O) groups excluding carboxylic acids is 1. The predicted octanol–water partition coefficient (Wildman–Crippen LogP) is 3.19. The van der Waals surface area contributed by atoms with Crippen LogP contribution in [-0.2, 0) is 0 Å². The predicted molar refractivity (Wildman–Crippen MR) is 79.1 cm³/mol. The molecule has 0 unspecified atom stereocenters. The molecule has 0 saturated heterocycles. The molecule has 3 nitrogen and oxygen atoms in total. The second kappa shape index (κ2) is 6.16. The summed E-state index contributed by atoms with van der Waals surface area (Å²) in [6, 6.07) is 9.47. The average molecular weight is 345 g/mol. The first kappa shape index (κ1) is 14.2. The van der Waals surface area contributed by atoms with Gasteiger partial charge in [0.15, 0.2) is 11.5 Å². The third-order valence-electron chi connectivity index (χ3n) is 2.49. The summed E-state index contributed by atoms with van der Waals surface area (Å²) in [6.45, 7) is 0.746. The first-order chi connectivity index (χ1) is 7.66. The molecule has 2 rings (SSSR count). The van der Waals surface area contributed by atoms with E-state index in [1.165, 1.54) is 0 Å². The second-order valence-corrected chi connectivity index (χ2v) is 4.12. The van der Waals surface area contributed by atoms with Crippen LogP contribution < -0.4 is 0 Å². The van der Waals surface area contributed by atoms with E-state index in [9.17, 15) is 4.79 Å². The van der Waals surface area contributed by atoms with Gasteiger partial charge in [0.05, 0.1) is 0 Å². The van der Waals surface area contributed by atoms with E-state index in [1.807, 2.05) is 49.3 Å². The van der Waals surface area contributed by atoms with Crippen LogP contribution in [0.5, 0.6) is 0 Å². The fraction of sp³-hybridized carbons (Fsp3) is 0.308. The normalized spacial score (nSPS) is 10.5. The fourth-order valence-corrected chi connectivity index (χ4v) is 1.57. The van der Waals surface area contributed by atoms with Crippen LogP contribution in [0, 0.1) is 0 Å². The van der Waals surface area contributed by atoms with Gasteiger partial charge in [0.2, 0.25) is 0 Å². The number of hydrogen-bond acceptors (Lipinski definition) is 3. The summed E-state index contributed by atoms with van der Waals surface area (Å²) in [5.41, 5.74) is 0.774. The largest absolute Gasteiger partial charge is 0.453 e. The topological polar surface area (TPSA) is 33.5 Å². The third-order valence-corrected chi connectivity index (χ3v) is 2.49. The molecular formula is C13H16INO2. The maximum absolute atomic E-state index is 11.8. The number of rotatable bonds is 4. The van der Waals surface area contributed by atoms with Crippen LogP contribution in [0.2, 0.25) is 0 Å². The molecule has 0 aliphatic heterocycles. The number of ketones is 1. The molecule has 0 aliphatic carbocycles. The molecule has 1 aromatic heterocycles. The molecule has 4 heteroatoms. The van der Waals surface area contributed by atoms with Crippen LogP contribution >= 0.6 is 24.0 Å². The van der Waals surface area contributed by atoms with Crippen molar-refractivity contribution in [3.63, 3.8) is 0 Å². The van der Waals surface area contributed by atoms with Gasteiger partial charge in [-0.05, 0) is 26.2 Å². The van der Waals surface area contributed by atoms with Gasteiger partial charge in [-0.3, -0.25) is 4.79 Å². The van der Waals surface area contributed by atoms with Crippen molar-refractivity contribution in [1.82, 2.24) is 4.90 Å². The number of nitrogens with zero attached hydrogens (tertiary/aromatic N) is 1. The van der Waals surface area contributed by atoms with Crippen LogP contribution in [0.15, 0.2) is 34.7 Å². The highest BCUT2D eigenvalue weighted by Gasteiger charge is 2.11. The summed E-state index contributed by atoms with van der Waals surface area (Å²) >= 11 is 0. The van der Waals surface area contributed by atoms with E-state index in [0.29, 0.717) is 12.2 Å². The van der Waals surface area contributed by atoms with E-state index in [2.05, 4.69) is 0 Å². The van der Waals surface area contributed by atoms with E-state index in [-0.39, 0.29) is 29.8 Å². The van der Waals surface area contributed by atoms with Crippen LogP contribution in [0.1, 0.15) is 17.0 Å². The summed E-state index contributed by atoms with van der Waals surface area (Å²) < 4.78 is 5.49. The summed E-state index contributed by atoms with van der Waals surface area (Å²) in [5.74, 6) is 0.521. The highest BCUT2D eigenvalue weighted by Crippen LogP contribution is 2.19. The van der Waals surface area contributed by atoms with Crippen molar-refractivity contribution >= 4 is 40.7 Å². The lowest BCUT2D eigenvalue weighted by Gasteiger charge is -2.06. The van der Waals surface area contributed by atoms with Crippen molar-refractivity contribution in [2.45, 2.75) is 6.42 Å². The quantitative estimate of drug-likeness (QED) is 0.630. The number of fused-ring (bicyclic) bond motifs is 1. The Hall–Kier alpha value is -0.880. The smallest absolute Gasteiger partial charge is 0.199 e. The summed E-state index contributed by atoms with van der Waals surface area (Å²) in [7, 11) is 3.90. The molecule has 1 aromatic carbocycles. The Morgan fingerprint density at radius 1 is 1.29 bits per heavy atom. The van der Waals surface area contributed by atoms with Gasteiger partial charge < -0.3 is 9.32 Å². The molecule has 0 radical (unpaired) electrons. The van der Waals surface area contributed by atoms with Gasteiger partial charge in [0.25, 0.3) is 0 Å². The molecule has 0 saturated carbocycles. The number of carbonyl (C=O) groups is 1. The third kappa shape index (κ3) is 3.54. The molecule has 0 fully saturated rings. The van der Waals surface area contributed by atoms with Gasteiger partial charge in [-0.15, -0.1) is 24.0 Å². The first-order valence-electron chi connectivity index (χ1n) is 5.33. The van der Waals surface area contributed by atoms with Crippen molar-refractivity contribution in [2.24, 2.45) is 0 Å². The Morgan fingerprint density at radius 2 is 2.00 bits per heavy atom. The van der Waals surface area contributed by atoms with E-state index >= 15 is 0 Å². The Bertz CT molecular complexity index is 472. The summed E-state index contributed by atoms with van der Waals surface area (Å²) in [4.78, 5) is 13.8. The number of furan rings is 1. The minimum atomic E-state index is 0. The zero-order chi connectivity index (χ0) is 11.5. The van der Waals surface area contributed by atoms with Crippen LogP contribution in [0.4, 0.5) is 0 Å². The maximum Gasteiger partial charge on any atom is 0.199 e. The van der Waals surface area contributed by atoms with E-state index < -0.39 is 0 Å². The fourth-order valence-electron chi connectivity index (χ4n) is 1.57. The van der Waals surface area contributed by atoms with Crippen LogP contribution in [0.25, 0.3) is 11.0 Å². The number of benzene rings is 1. The molecule has 0 aliphatic rings. The summed E-state index contributed by atoms with van der Waals surface area (Å²) in [6.07, 6.45) is 0.493. The molecule has 1 heterocycles. The standard InChI is InChI=1S/C13H15NO2.HI/c1-14(2)8-7-11(15)13-9-10-5-3-4-6-12(10)16-13;/h3-6,9H,7-8H2,1-2H3;1H. The Morgan fingerprint density at radius 3 is 2.65 bits per heavy atom. The van der Waals surface area contributed by atoms with Crippen molar-refractivity contribution in [2.75, 3.05) is 20.6 Å². The van der Waals surface area contributed by atoms with Crippen molar-refractivity contribution in [3.8, 4) is 0 Å². The lowest BCUT2D eigenvalue weighted by molar-refractivity contribution is 0.0947. The number of hydrogen-bond donors (Lipinski definition) is 0. The van der Waals surface area contributed by atoms with Gasteiger partial charge in [-0.1, -0.05) is 18.2 Å². The van der Waals surface area contributed by atoms with Crippen molar-refractivity contribution in [1.29, 1.82) is 0 Å². The van der Waals surface area contributed by atoms with E-state index in [4.69, 9.17) is 4.42 Å². The summed E-state index contributed by atoms with van der Waals surface area (Å²) in [5, 5.41) is 0.982. The lowest BCUT2D eigenvalue weighted by atomic mass is 10.2. The lowest BCUT2D eigenvalue weighted by Crippen LogP contribution is -2.16. The number of Topliss-reactive ketones (excluding diaryl/α,β-unsaturated/α-hetero) is 1. The van der Waals surface area contributed by atoms with Gasteiger partial charge in [0, 0.05) is 18.4 Å². The number of halogens is 1. The molecular weight excluding hydrogens is 329 g/mol. The minimum Gasteiger partial charge on any atom is -0.453 e. The first-order valence-corrected chi connectivity index (χ1v) is 5.33. The zero-order valence-electron chi connectivity index (χ0n) is 9.97. The van der Waals surface area contributed by atoms with Crippen LogP contribution in [-0.4, -0.2) is 31.3 Å². The molecule has 0 amide bonds. The molecule has 0 spiro atoms. The monoisotopic (exact) mass is 345 g/mol. The number of para-hydroxylation sites is 1. The SMILES string of the molecule is CN(C)CCC(=O)c1cc2ccccc2o1.I. The molecule has 92 valence electrons. The second-order valence-electron chi connectivity index (χ2n) is 4.12. The van der Waals surface area contributed by atoms with Gasteiger partial charge in [-0.25, -0.2) is 0 Å². The van der Waals surface area contributed by atoms with Gasteiger partial charge >= 0.3 is 0 Å². The minimum absolute atomic E-state index is 0. The molecule has 0 bridgehead atoms. The van der Waals surface area contributed by atoms with Gasteiger partial charge in [-0.2, -0.15) is 0 Å². The average Bonchev–Trinajstić information content (AvgIpc) is 2.69. The highest BCUT2D eigenvalue weighted by atomic mass is 127.